The average Bonchev–Trinajstić information content (AvgIpc) is 2.83. The summed E-state index contributed by atoms with van der Waals surface area (Å²) in [5, 5.41) is 4.42. The molecule has 0 aliphatic heterocycles. The van der Waals surface area contributed by atoms with Crippen molar-refractivity contribution >= 4 is 22.8 Å². The standard InChI is InChI=1S/C15H23N3OS/c1-3-19-9-4-7-16-8-10-20-15-17-13-6-5-12(2)11-14(13)18-15/h5-6,11,16H,3-4,7-10H2,1-2H3,(H,17,18). The maximum absolute atomic E-state index is 5.29. The molecule has 1 heterocycles. The molecule has 4 nitrogen and oxygen atoms in total. The Labute approximate surface area is 124 Å². The van der Waals surface area contributed by atoms with Gasteiger partial charge in [0.15, 0.2) is 5.16 Å². The summed E-state index contributed by atoms with van der Waals surface area (Å²) >= 11 is 1.76. The Balaban J connectivity index is 1.65. The highest BCUT2D eigenvalue weighted by atomic mass is 32.2. The van der Waals surface area contributed by atoms with Crippen molar-refractivity contribution in [2.45, 2.75) is 25.4 Å². The average molecular weight is 293 g/mol. The Bertz CT molecular complexity index is 527. The smallest absolute Gasteiger partial charge is 0.166 e. The molecular formula is C15H23N3OS. The molecule has 1 aromatic heterocycles. The van der Waals surface area contributed by atoms with Crippen molar-refractivity contribution in [3.63, 3.8) is 0 Å². The van der Waals surface area contributed by atoms with Crippen LogP contribution < -0.4 is 5.32 Å². The van der Waals surface area contributed by atoms with Gasteiger partial charge in [-0.3, -0.25) is 0 Å². The predicted molar refractivity (Wildman–Crippen MR) is 85.5 cm³/mol. The first-order chi connectivity index (χ1) is 9.79. The summed E-state index contributed by atoms with van der Waals surface area (Å²) in [6.07, 6.45) is 1.07. The fourth-order valence-electron chi connectivity index (χ4n) is 1.96. The lowest BCUT2D eigenvalue weighted by Crippen LogP contribution is -2.19. The zero-order valence-electron chi connectivity index (χ0n) is 12.2. The molecule has 0 saturated heterocycles. The largest absolute Gasteiger partial charge is 0.382 e. The van der Waals surface area contributed by atoms with E-state index in [1.54, 1.807) is 11.8 Å². The molecule has 0 fully saturated rings. The Morgan fingerprint density at radius 3 is 3.10 bits per heavy atom. The number of aryl methyl sites for hydroxylation is 1. The number of ether oxygens (including phenoxy) is 1. The van der Waals surface area contributed by atoms with Crippen molar-refractivity contribution in [1.29, 1.82) is 0 Å². The molecule has 2 N–H and O–H groups in total. The highest BCUT2D eigenvalue weighted by Gasteiger charge is 2.02. The number of imidazole rings is 1. The third-order valence-electron chi connectivity index (χ3n) is 2.98. The Hall–Kier alpha value is -1.04. The van der Waals surface area contributed by atoms with Crippen LogP contribution in [0.25, 0.3) is 11.0 Å². The highest BCUT2D eigenvalue weighted by Crippen LogP contribution is 2.19. The molecule has 0 radical (unpaired) electrons. The van der Waals surface area contributed by atoms with Crippen LogP contribution in [0.5, 0.6) is 0 Å². The van der Waals surface area contributed by atoms with E-state index in [0.29, 0.717) is 0 Å². The topological polar surface area (TPSA) is 49.9 Å². The predicted octanol–water partition coefficient (Wildman–Crippen LogP) is 2.98. The van der Waals surface area contributed by atoms with Gasteiger partial charge in [-0.15, -0.1) is 0 Å². The van der Waals surface area contributed by atoms with E-state index in [1.807, 2.05) is 6.92 Å². The minimum absolute atomic E-state index is 0.807. The first-order valence-electron chi connectivity index (χ1n) is 7.17. The number of thioether (sulfide) groups is 1. The number of aromatic amines is 1. The SMILES string of the molecule is CCOCCCNCCSc1nc2ccc(C)cc2[nH]1. The van der Waals surface area contributed by atoms with Gasteiger partial charge in [-0.1, -0.05) is 17.8 Å². The third kappa shape index (κ3) is 4.81. The first-order valence-corrected chi connectivity index (χ1v) is 8.16. The molecule has 5 heteroatoms. The maximum Gasteiger partial charge on any atom is 0.166 e. The van der Waals surface area contributed by atoms with Gasteiger partial charge in [0.05, 0.1) is 11.0 Å². The molecule has 20 heavy (non-hydrogen) atoms. The quantitative estimate of drug-likeness (QED) is 0.551. The van der Waals surface area contributed by atoms with Crippen LogP contribution in [0, 0.1) is 6.92 Å². The second-order valence-corrected chi connectivity index (χ2v) is 5.80. The Morgan fingerprint density at radius 1 is 1.35 bits per heavy atom. The second-order valence-electron chi connectivity index (χ2n) is 4.71. The van der Waals surface area contributed by atoms with E-state index in [9.17, 15) is 0 Å². The molecule has 0 bridgehead atoms. The number of H-pyrrole nitrogens is 1. The molecule has 2 rings (SSSR count). The monoisotopic (exact) mass is 293 g/mol. The number of nitrogens with one attached hydrogen (secondary N) is 2. The van der Waals surface area contributed by atoms with E-state index in [-0.39, 0.29) is 0 Å². The summed E-state index contributed by atoms with van der Waals surface area (Å²) in [7, 11) is 0. The summed E-state index contributed by atoms with van der Waals surface area (Å²) in [6, 6.07) is 6.30. The van der Waals surface area contributed by atoms with Crippen LogP contribution in [-0.2, 0) is 4.74 Å². The summed E-state index contributed by atoms with van der Waals surface area (Å²) in [4.78, 5) is 7.93. The molecule has 1 aromatic carbocycles. The lowest BCUT2D eigenvalue weighted by molar-refractivity contribution is 0.145. The zero-order valence-corrected chi connectivity index (χ0v) is 13.1. The number of hydrogen-bond donors (Lipinski definition) is 2. The van der Waals surface area contributed by atoms with E-state index in [4.69, 9.17) is 4.74 Å². The zero-order chi connectivity index (χ0) is 14.2. The van der Waals surface area contributed by atoms with Gasteiger partial charge in [0.25, 0.3) is 0 Å². The summed E-state index contributed by atoms with van der Waals surface area (Å²) < 4.78 is 5.29. The maximum atomic E-state index is 5.29. The number of aromatic nitrogens is 2. The van der Waals surface area contributed by atoms with Crippen molar-refractivity contribution in [2.24, 2.45) is 0 Å². The highest BCUT2D eigenvalue weighted by molar-refractivity contribution is 7.99. The van der Waals surface area contributed by atoms with Crippen molar-refractivity contribution in [1.82, 2.24) is 15.3 Å². The van der Waals surface area contributed by atoms with Crippen LogP contribution in [0.15, 0.2) is 23.4 Å². The van der Waals surface area contributed by atoms with Crippen molar-refractivity contribution < 1.29 is 4.74 Å². The molecule has 0 atom stereocenters. The molecule has 110 valence electrons. The molecule has 0 amide bonds. The molecule has 0 saturated carbocycles. The van der Waals surface area contributed by atoms with Crippen LogP contribution in [-0.4, -0.2) is 42.0 Å². The molecule has 0 aliphatic carbocycles. The number of benzene rings is 1. The first kappa shape index (κ1) is 15.4. The third-order valence-corrected chi connectivity index (χ3v) is 3.85. The van der Waals surface area contributed by atoms with Crippen molar-refractivity contribution in [3.05, 3.63) is 23.8 Å². The minimum Gasteiger partial charge on any atom is -0.382 e. The van der Waals surface area contributed by atoms with Crippen molar-refractivity contribution in [2.75, 3.05) is 32.1 Å². The van der Waals surface area contributed by atoms with Gasteiger partial charge in [0.2, 0.25) is 0 Å². The van der Waals surface area contributed by atoms with E-state index in [0.717, 1.165) is 54.7 Å². The number of rotatable bonds is 9. The summed E-state index contributed by atoms with van der Waals surface area (Å²) in [6.45, 7) is 7.78. The van der Waals surface area contributed by atoms with Gasteiger partial charge in [0, 0.05) is 25.5 Å². The molecule has 0 unspecified atom stereocenters. The Morgan fingerprint density at radius 2 is 2.25 bits per heavy atom. The summed E-state index contributed by atoms with van der Waals surface area (Å²) in [5.74, 6) is 1.02. The lowest BCUT2D eigenvalue weighted by atomic mass is 10.2. The number of nitrogens with zero attached hydrogens (tertiary/aromatic N) is 1. The Kier molecular flexibility index (Phi) is 6.36. The fraction of sp³-hybridized carbons (Fsp3) is 0.533. The fourth-order valence-corrected chi connectivity index (χ4v) is 2.74. The van der Waals surface area contributed by atoms with Gasteiger partial charge >= 0.3 is 0 Å². The van der Waals surface area contributed by atoms with Gasteiger partial charge in [-0.2, -0.15) is 0 Å². The molecule has 0 aliphatic rings. The van der Waals surface area contributed by atoms with E-state index >= 15 is 0 Å². The van der Waals surface area contributed by atoms with E-state index in [2.05, 4.69) is 40.4 Å². The number of fused-ring (bicyclic) bond motifs is 1. The van der Waals surface area contributed by atoms with Crippen molar-refractivity contribution in [3.8, 4) is 0 Å². The molecule has 2 aromatic rings. The molecular weight excluding hydrogens is 270 g/mol. The van der Waals surface area contributed by atoms with Gasteiger partial charge in [0.1, 0.15) is 0 Å². The van der Waals surface area contributed by atoms with Gasteiger partial charge in [-0.25, -0.2) is 4.98 Å². The van der Waals surface area contributed by atoms with Crippen LogP contribution >= 0.6 is 11.8 Å². The van der Waals surface area contributed by atoms with Crippen LogP contribution in [0.2, 0.25) is 0 Å². The van der Waals surface area contributed by atoms with Gasteiger partial charge < -0.3 is 15.0 Å². The lowest BCUT2D eigenvalue weighted by Gasteiger charge is -2.03. The van der Waals surface area contributed by atoms with E-state index in [1.165, 1.54) is 5.56 Å². The number of hydrogen-bond acceptors (Lipinski definition) is 4. The normalized spacial score (nSPS) is 11.3. The van der Waals surface area contributed by atoms with Crippen LogP contribution in [0.1, 0.15) is 18.9 Å². The van der Waals surface area contributed by atoms with E-state index < -0.39 is 0 Å². The van der Waals surface area contributed by atoms with Gasteiger partial charge in [-0.05, 0) is 44.5 Å². The van der Waals surface area contributed by atoms with Crippen LogP contribution in [0.4, 0.5) is 0 Å². The molecule has 0 spiro atoms. The van der Waals surface area contributed by atoms with Crippen LogP contribution in [0.3, 0.4) is 0 Å². The second kappa shape index (κ2) is 8.29. The summed E-state index contributed by atoms with van der Waals surface area (Å²) in [5.41, 5.74) is 3.42. The minimum atomic E-state index is 0.807.